The van der Waals surface area contributed by atoms with Crippen LogP contribution in [0.5, 0.6) is 5.75 Å². The Balaban J connectivity index is 1.56. The molecule has 0 atom stereocenters. The lowest BCUT2D eigenvalue weighted by Gasteiger charge is -2.26. The van der Waals surface area contributed by atoms with E-state index in [-0.39, 0.29) is 5.83 Å². The van der Waals surface area contributed by atoms with E-state index < -0.39 is 0 Å². The topological polar surface area (TPSA) is 29.5 Å². The van der Waals surface area contributed by atoms with Crippen LogP contribution in [-0.2, 0) is 0 Å². The molecule has 3 aromatic carbocycles. The van der Waals surface area contributed by atoms with Crippen molar-refractivity contribution in [3.8, 4) is 5.75 Å². The van der Waals surface area contributed by atoms with Crippen molar-refractivity contribution in [2.24, 2.45) is 0 Å². The minimum absolute atomic E-state index is 0.303. The van der Waals surface area contributed by atoms with Gasteiger partial charge >= 0.3 is 0 Å². The summed E-state index contributed by atoms with van der Waals surface area (Å²) in [5, 5.41) is 0. The second-order valence-corrected chi connectivity index (χ2v) is 8.07. The molecular weight excluding hydrogens is 401 g/mol. The lowest BCUT2D eigenvalue weighted by Crippen LogP contribution is -2.33. The van der Waals surface area contributed by atoms with E-state index in [2.05, 4.69) is 4.90 Å². The highest BCUT2D eigenvalue weighted by molar-refractivity contribution is 5.96. The Bertz CT molecular complexity index is 1040. The zero-order valence-corrected chi connectivity index (χ0v) is 18.2. The van der Waals surface area contributed by atoms with Crippen molar-refractivity contribution in [3.05, 3.63) is 101 Å². The molecule has 0 spiro atoms. The molecule has 4 heteroatoms. The molecule has 0 amide bonds. The van der Waals surface area contributed by atoms with E-state index in [1.165, 1.54) is 19.3 Å². The molecule has 1 fully saturated rings. The number of likely N-dealkylation sites (tertiary alicyclic amines) is 1. The molecule has 0 aromatic heterocycles. The van der Waals surface area contributed by atoms with Gasteiger partial charge in [-0.15, -0.1) is 0 Å². The highest BCUT2D eigenvalue weighted by Crippen LogP contribution is 2.34. The first-order valence-corrected chi connectivity index (χ1v) is 11.2. The Morgan fingerprint density at radius 3 is 2.06 bits per heavy atom. The second kappa shape index (κ2) is 10.9. The largest absolute Gasteiger partial charge is 0.492 e. The fourth-order valence-corrected chi connectivity index (χ4v) is 4.07. The third kappa shape index (κ3) is 5.51. The number of rotatable bonds is 8. The van der Waals surface area contributed by atoms with E-state index in [1.807, 2.05) is 42.5 Å². The Morgan fingerprint density at radius 1 is 0.812 bits per heavy atom. The number of halogens is 1. The van der Waals surface area contributed by atoms with Crippen molar-refractivity contribution >= 4 is 17.7 Å². The molecule has 1 aliphatic rings. The summed E-state index contributed by atoms with van der Waals surface area (Å²) in [4.78, 5) is 13.5. The number of carbonyl (C=O) groups is 1. The van der Waals surface area contributed by atoms with Gasteiger partial charge in [-0.2, -0.15) is 0 Å². The molecule has 0 N–H and O–H groups in total. The van der Waals surface area contributed by atoms with Gasteiger partial charge in [-0.25, -0.2) is 4.39 Å². The van der Waals surface area contributed by atoms with Gasteiger partial charge in [-0.05, 0) is 49.2 Å². The maximum absolute atomic E-state index is 15.6. The lowest BCUT2D eigenvalue weighted by molar-refractivity contribution is 0.112. The first kappa shape index (κ1) is 22.0. The van der Waals surface area contributed by atoms with Gasteiger partial charge in [0.15, 0.2) is 0 Å². The standard InChI is InChI=1S/C28H28FNO2/c29-28(25-7-3-1-4-8-25)27(23-11-9-22(21-31)10-12-23)24-13-15-26(16-14-24)32-20-19-30-17-5-2-6-18-30/h1,3-4,7-16,21H,2,5-6,17-20H2/b28-27+. The van der Waals surface area contributed by atoms with Crippen molar-refractivity contribution in [2.75, 3.05) is 26.2 Å². The van der Waals surface area contributed by atoms with Crippen molar-refractivity contribution < 1.29 is 13.9 Å². The minimum atomic E-state index is -0.303. The van der Waals surface area contributed by atoms with E-state index in [9.17, 15) is 4.79 Å². The van der Waals surface area contributed by atoms with Gasteiger partial charge in [0, 0.05) is 23.2 Å². The van der Waals surface area contributed by atoms with Gasteiger partial charge in [-0.1, -0.05) is 73.2 Å². The Labute approximate surface area is 189 Å². The number of carbonyl (C=O) groups excluding carboxylic acids is 1. The van der Waals surface area contributed by atoms with Crippen LogP contribution in [0, 0.1) is 0 Å². The molecule has 0 radical (unpaired) electrons. The van der Waals surface area contributed by atoms with E-state index in [0.29, 0.717) is 23.3 Å². The summed E-state index contributed by atoms with van der Waals surface area (Å²) in [6.45, 7) is 3.88. The van der Waals surface area contributed by atoms with Gasteiger partial charge in [0.1, 0.15) is 24.5 Å². The van der Waals surface area contributed by atoms with E-state index in [4.69, 9.17) is 4.74 Å². The number of benzene rings is 3. The summed E-state index contributed by atoms with van der Waals surface area (Å²) in [7, 11) is 0. The molecule has 1 saturated heterocycles. The van der Waals surface area contributed by atoms with Crippen LogP contribution < -0.4 is 4.74 Å². The smallest absolute Gasteiger partial charge is 0.150 e. The third-order valence-electron chi connectivity index (χ3n) is 5.85. The summed E-state index contributed by atoms with van der Waals surface area (Å²) < 4.78 is 21.6. The average Bonchev–Trinajstić information content (AvgIpc) is 2.87. The van der Waals surface area contributed by atoms with Gasteiger partial charge in [0.05, 0.1) is 0 Å². The van der Waals surface area contributed by atoms with Crippen LogP contribution in [0.3, 0.4) is 0 Å². The van der Waals surface area contributed by atoms with E-state index in [0.717, 1.165) is 42.8 Å². The van der Waals surface area contributed by atoms with E-state index in [1.54, 1.807) is 36.4 Å². The van der Waals surface area contributed by atoms with Gasteiger partial charge in [-0.3, -0.25) is 9.69 Å². The molecule has 0 saturated carbocycles. The highest BCUT2D eigenvalue weighted by atomic mass is 19.1. The van der Waals surface area contributed by atoms with Gasteiger partial charge < -0.3 is 4.74 Å². The zero-order valence-electron chi connectivity index (χ0n) is 18.2. The van der Waals surface area contributed by atoms with Crippen LogP contribution in [0.2, 0.25) is 0 Å². The molecule has 32 heavy (non-hydrogen) atoms. The molecule has 0 bridgehead atoms. The molecule has 164 valence electrons. The Kier molecular flexibility index (Phi) is 7.47. The first-order chi connectivity index (χ1) is 15.7. The summed E-state index contributed by atoms with van der Waals surface area (Å²) >= 11 is 0. The fourth-order valence-electron chi connectivity index (χ4n) is 4.07. The number of nitrogens with zero attached hydrogens (tertiary/aromatic N) is 1. The molecule has 3 nitrogen and oxygen atoms in total. The van der Waals surface area contributed by atoms with Crippen molar-refractivity contribution in [1.29, 1.82) is 0 Å². The molecule has 3 aromatic rings. The Hall–Kier alpha value is -3.24. The maximum atomic E-state index is 15.6. The molecule has 0 aliphatic carbocycles. The molecule has 4 rings (SSSR count). The van der Waals surface area contributed by atoms with Crippen LogP contribution >= 0.6 is 0 Å². The summed E-state index contributed by atoms with van der Waals surface area (Å²) in [5.74, 6) is 0.477. The average molecular weight is 430 g/mol. The number of hydrogen-bond acceptors (Lipinski definition) is 3. The predicted octanol–water partition coefficient (Wildman–Crippen LogP) is 6.25. The second-order valence-electron chi connectivity index (χ2n) is 8.07. The Morgan fingerprint density at radius 2 is 1.44 bits per heavy atom. The lowest BCUT2D eigenvalue weighted by atomic mass is 9.94. The van der Waals surface area contributed by atoms with Gasteiger partial charge in [0.2, 0.25) is 0 Å². The zero-order chi connectivity index (χ0) is 22.2. The molecule has 0 unspecified atom stereocenters. The fraction of sp³-hybridized carbons (Fsp3) is 0.250. The predicted molar refractivity (Wildman–Crippen MR) is 128 cm³/mol. The van der Waals surface area contributed by atoms with Crippen molar-refractivity contribution in [2.45, 2.75) is 19.3 Å². The highest BCUT2D eigenvalue weighted by Gasteiger charge is 2.15. The normalized spacial score (nSPS) is 15.2. The van der Waals surface area contributed by atoms with Crippen LogP contribution in [0.1, 0.15) is 46.3 Å². The van der Waals surface area contributed by atoms with E-state index >= 15 is 4.39 Å². The van der Waals surface area contributed by atoms with Crippen LogP contribution in [-0.4, -0.2) is 37.4 Å². The molecular formula is C28H28FNO2. The molecule has 1 heterocycles. The SMILES string of the molecule is O=Cc1ccc(/C(=C(\F)c2ccccc2)c2ccc(OCCN3CCCCC3)cc2)cc1. The summed E-state index contributed by atoms with van der Waals surface area (Å²) in [6, 6.07) is 23.6. The first-order valence-electron chi connectivity index (χ1n) is 11.2. The monoisotopic (exact) mass is 429 g/mol. The number of ether oxygens (including phenoxy) is 1. The van der Waals surface area contributed by atoms with Crippen LogP contribution in [0.25, 0.3) is 11.4 Å². The van der Waals surface area contributed by atoms with Crippen LogP contribution in [0.15, 0.2) is 78.9 Å². The van der Waals surface area contributed by atoms with Crippen molar-refractivity contribution in [1.82, 2.24) is 4.90 Å². The summed E-state index contributed by atoms with van der Waals surface area (Å²) in [5.41, 5.74) is 3.05. The van der Waals surface area contributed by atoms with Gasteiger partial charge in [0.25, 0.3) is 0 Å². The molecule has 1 aliphatic heterocycles. The minimum Gasteiger partial charge on any atom is -0.492 e. The quantitative estimate of drug-likeness (QED) is 0.313. The maximum Gasteiger partial charge on any atom is 0.150 e. The third-order valence-corrected chi connectivity index (χ3v) is 5.85. The number of piperidine rings is 1. The van der Waals surface area contributed by atoms with Crippen LogP contribution in [0.4, 0.5) is 4.39 Å². The summed E-state index contributed by atoms with van der Waals surface area (Å²) in [6.07, 6.45) is 4.65. The number of hydrogen-bond donors (Lipinski definition) is 0. The van der Waals surface area contributed by atoms with Crippen molar-refractivity contribution in [3.63, 3.8) is 0 Å². The number of aldehydes is 1.